The Balaban J connectivity index is 1.76. The number of nitrogens with one attached hydrogen (secondary N) is 1. The lowest BCUT2D eigenvalue weighted by molar-refractivity contribution is -0.109. The summed E-state index contributed by atoms with van der Waals surface area (Å²) >= 11 is 0. The van der Waals surface area contributed by atoms with Crippen LogP contribution in [0.4, 0.5) is 0 Å². The number of carbonyl (C=O) groups excluding carboxylic acids is 1. The molecule has 6 heteroatoms. The molecule has 4 aromatic rings. The Bertz CT molecular complexity index is 1520. The van der Waals surface area contributed by atoms with Gasteiger partial charge in [-0.05, 0) is 41.5 Å². The molecule has 1 aliphatic rings. The maximum Gasteiger partial charge on any atom is 0.335 e. The quantitative estimate of drug-likeness (QED) is 0.457. The van der Waals surface area contributed by atoms with Crippen LogP contribution in [0, 0.1) is 0 Å². The van der Waals surface area contributed by atoms with Crippen molar-refractivity contribution in [2.24, 2.45) is 0 Å². The Morgan fingerprint density at radius 3 is 2.42 bits per heavy atom. The molecule has 0 amide bonds. The van der Waals surface area contributed by atoms with Crippen molar-refractivity contribution in [3.05, 3.63) is 118 Å². The second kappa shape index (κ2) is 8.09. The Kier molecular flexibility index (Phi) is 4.95. The van der Waals surface area contributed by atoms with Gasteiger partial charge in [-0.3, -0.25) is 14.7 Å². The molecule has 0 atom stereocenters. The van der Waals surface area contributed by atoms with Gasteiger partial charge in [0.2, 0.25) is 0 Å². The standard InChI is InChI=1S/C27H18N2O4/c30-24-14-13-17-7-4-5-12-21(17)22(24)16-23-25(18-8-2-1-3-9-18)28-29(26(23)31)20-11-6-10-19(15-20)27(32)33/h1-16,28H,(H,32,33)/b22-16+. The van der Waals surface area contributed by atoms with E-state index in [1.165, 1.54) is 22.9 Å². The van der Waals surface area contributed by atoms with Crippen molar-refractivity contribution in [3.8, 4) is 16.9 Å². The predicted molar refractivity (Wildman–Crippen MR) is 127 cm³/mol. The molecule has 6 nitrogen and oxygen atoms in total. The number of hydrogen-bond donors (Lipinski definition) is 2. The van der Waals surface area contributed by atoms with Crippen LogP contribution in [-0.2, 0) is 4.79 Å². The first-order valence-corrected chi connectivity index (χ1v) is 10.3. The number of aromatic carboxylic acids is 1. The van der Waals surface area contributed by atoms with Crippen LogP contribution in [0.5, 0.6) is 0 Å². The number of nitrogens with zero attached hydrogens (tertiary/aromatic N) is 1. The molecule has 0 spiro atoms. The van der Waals surface area contributed by atoms with Crippen LogP contribution < -0.4 is 5.56 Å². The van der Waals surface area contributed by atoms with Crippen LogP contribution in [0.3, 0.4) is 0 Å². The van der Waals surface area contributed by atoms with E-state index in [0.29, 0.717) is 22.5 Å². The summed E-state index contributed by atoms with van der Waals surface area (Å²) < 4.78 is 1.30. The molecular weight excluding hydrogens is 416 g/mol. The van der Waals surface area contributed by atoms with E-state index >= 15 is 0 Å². The SMILES string of the molecule is O=C1C=Cc2ccccc2/C1=C\c1c(-c2ccccc2)[nH]n(-c2cccc(C(=O)O)c2)c1=O. The first kappa shape index (κ1) is 20.2. The van der Waals surface area contributed by atoms with Gasteiger partial charge in [-0.25, -0.2) is 9.48 Å². The van der Waals surface area contributed by atoms with Gasteiger partial charge >= 0.3 is 5.97 Å². The second-order valence-electron chi connectivity index (χ2n) is 7.61. The molecule has 0 aliphatic heterocycles. The number of carbonyl (C=O) groups is 2. The Morgan fingerprint density at radius 1 is 0.879 bits per heavy atom. The number of fused-ring (bicyclic) bond motifs is 1. The zero-order chi connectivity index (χ0) is 22.9. The predicted octanol–water partition coefficient (Wildman–Crippen LogP) is 4.67. The third kappa shape index (κ3) is 3.64. The summed E-state index contributed by atoms with van der Waals surface area (Å²) in [6, 6.07) is 23.0. The second-order valence-corrected chi connectivity index (χ2v) is 7.61. The van der Waals surface area contributed by atoms with Crippen LogP contribution in [0.2, 0.25) is 0 Å². The van der Waals surface area contributed by atoms with Crippen molar-refractivity contribution < 1.29 is 14.7 Å². The molecule has 5 rings (SSSR count). The highest BCUT2D eigenvalue weighted by molar-refractivity contribution is 6.33. The zero-order valence-electron chi connectivity index (χ0n) is 17.4. The highest BCUT2D eigenvalue weighted by Gasteiger charge is 2.21. The van der Waals surface area contributed by atoms with Crippen molar-refractivity contribution in [1.29, 1.82) is 0 Å². The summed E-state index contributed by atoms with van der Waals surface area (Å²) in [4.78, 5) is 37.8. The number of rotatable bonds is 4. The van der Waals surface area contributed by atoms with Crippen molar-refractivity contribution in [1.82, 2.24) is 9.78 Å². The Labute approximate surface area is 188 Å². The molecule has 0 fully saturated rings. The van der Waals surface area contributed by atoms with Crippen LogP contribution in [0.15, 0.2) is 89.7 Å². The molecule has 1 aliphatic carbocycles. The lowest BCUT2D eigenvalue weighted by atomic mass is 9.90. The normalized spacial score (nSPS) is 13.8. The molecule has 0 saturated carbocycles. The van der Waals surface area contributed by atoms with E-state index in [0.717, 1.165) is 16.7 Å². The summed E-state index contributed by atoms with van der Waals surface area (Å²) in [6.45, 7) is 0. The smallest absolute Gasteiger partial charge is 0.335 e. The molecule has 1 aromatic heterocycles. The highest BCUT2D eigenvalue weighted by atomic mass is 16.4. The molecular formula is C27H18N2O4. The molecule has 160 valence electrons. The molecule has 0 saturated heterocycles. The minimum absolute atomic E-state index is 0.0664. The zero-order valence-corrected chi connectivity index (χ0v) is 17.4. The average molecular weight is 434 g/mol. The highest BCUT2D eigenvalue weighted by Crippen LogP contribution is 2.30. The molecule has 0 unspecified atom stereocenters. The van der Waals surface area contributed by atoms with Gasteiger partial charge in [0.15, 0.2) is 5.78 Å². The fourth-order valence-electron chi connectivity index (χ4n) is 3.94. The van der Waals surface area contributed by atoms with Crippen LogP contribution in [0.1, 0.15) is 27.0 Å². The maximum absolute atomic E-state index is 13.5. The van der Waals surface area contributed by atoms with Gasteiger partial charge < -0.3 is 5.11 Å². The first-order valence-electron chi connectivity index (χ1n) is 10.3. The average Bonchev–Trinajstić information content (AvgIpc) is 3.17. The molecule has 2 N–H and O–H groups in total. The summed E-state index contributed by atoms with van der Waals surface area (Å²) in [5, 5.41) is 12.5. The number of allylic oxidation sites excluding steroid dienone is 2. The van der Waals surface area contributed by atoms with E-state index in [1.54, 1.807) is 24.3 Å². The summed E-state index contributed by atoms with van der Waals surface area (Å²) in [5.74, 6) is -1.27. The number of H-pyrrole nitrogens is 1. The van der Waals surface area contributed by atoms with Gasteiger partial charge in [-0.15, -0.1) is 0 Å². The third-order valence-electron chi connectivity index (χ3n) is 5.56. The molecule has 33 heavy (non-hydrogen) atoms. The van der Waals surface area contributed by atoms with Gasteiger partial charge in [0, 0.05) is 11.1 Å². The van der Waals surface area contributed by atoms with E-state index in [1.807, 2.05) is 54.6 Å². The Hall–Kier alpha value is -4.71. The first-order chi connectivity index (χ1) is 16.0. The molecule has 0 radical (unpaired) electrons. The molecule has 1 heterocycles. The van der Waals surface area contributed by atoms with Crippen molar-refractivity contribution in [2.75, 3.05) is 0 Å². The van der Waals surface area contributed by atoms with Crippen molar-refractivity contribution in [3.63, 3.8) is 0 Å². The number of aromatic amines is 1. The topological polar surface area (TPSA) is 92.2 Å². The number of hydrogen-bond acceptors (Lipinski definition) is 3. The maximum atomic E-state index is 13.5. The summed E-state index contributed by atoms with van der Waals surface area (Å²) in [6.07, 6.45) is 4.88. The number of benzene rings is 3. The van der Waals surface area contributed by atoms with Gasteiger partial charge in [0.1, 0.15) is 0 Å². The van der Waals surface area contributed by atoms with E-state index in [-0.39, 0.29) is 16.9 Å². The van der Waals surface area contributed by atoms with Gasteiger partial charge in [-0.2, -0.15) is 0 Å². The molecule has 3 aromatic carbocycles. The summed E-state index contributed by atoms with van der Waals surface area (Å²) in [7, 11) is 0. The largest absolute Gasteiger partial charge is 0.478 e. The lowest BCUT2D eigenvalue weighted by Crippen LogP contribution is -2.17. The molecule has 0 bridgehead atoms. The van der Waals surface area contributed by atoms with Crippen LogP contribution in [-0.4, -0.2) is 26.6 Å². The van der Waals surface area contributed by atoms with Crippen molar-refractivity contribution in [2.45, 2.75) is 0 Å². The van der Waals surface area contributed by atoms with E-state index in [2.05, 4.69) is 5.10 Å². The van der Waals surface area contributed by atoms with Crippen LogP contribution >= 0.6 is 0 Å². The fraction of sp³-hybridized carbons (Fsp3) is 0. The minimum Gasteiger partial charge on any atom is -0.478 e. The summed E-state index contributed by atoms with van der Waals surface area (Å²) in [5.41, 5.74) is 3.76. The lowest BCUT2D eigenvalue weighted by Gasteiger charge is -2.12. The van der Waals surface area contributed by atoms with Crippen molar-refractivity contribution >= 4 is 29.5 Å². The van der Waals surface area contributed by atoms with Gasteiger partial charge in [0.05, 0.1) is 22.5 Å². The van der Waals surface area contributed by atoms with Gasteiger partial charge in [-0.1, -0.05) is 66.7 Å². The number of aromatic nitrogens is 2. The monoisotopic (exact) mass is 434 g/mol. The van der Waals surface area contributed by atoms with E-state index in [4.69, 9.17) is 0 Å². The van der Waals surface area contributed by atoms with E-state index in [9.17, 15) is 19.5 Å². The van der Waals surface area contributed by atoms with Gasteiger partial charge in [0.25, 0.3) is 5.56 Å². The number of carboxylic acid groups (broad SMARTS) is 1. The van der Waals surface area contributed by atoms with Crippen LogP contribution in [0.25, 0.3) is 34.7 Å². The fourth-order valence-corrected chi connectivity index (χ4v) is 3.94. The van der Waals surface area contributed by atoms with E-state index < -0.39 is 5.97 Å². The minimum atomic E-state index is -1.08. The Morgan fingerprint density at radius 2 is 1.64 bits per heavy atom. The number of ketones is 1. The number of carboxylic acids is 1. The third-order valence-corrected chi connectivity index (χ3v) is 5.56.